The van der Waals surface area contributed by atoms with E-state index in [2.05, 4.69) is 4.98 Å². The van der Waals surface area contributed by atoms with E-state index in [-0.39, 0.29) is 5.02 Å². The molecule has 0 aliphatic carbocycles. The Bertz CT molecular complexity index is 807. The fraction of sp³-hybridized carbons (Fsp3) is 0.0625. The first-order valence-electron chi connectivity index (χ1n) is 6.39. The molecule has 1 aromatic heterocycles. The molecule has 1 heterocycles. The van der Waals surface area contributed by atoms with E-state index in [9.17, 15) is 4.39 Å². The van der Waals surface area contributed by atoms with Crippen LogP contribution in [0.15, 0.2) is 48.5 Å². The second-order valence-electron chi connectivity index (χ2n) is 4.51. The number of hydrogen-bond acceptors (Lipinski definition) is 3. The third-order valence-electron chi connectivity index (χ3n) is 3.05. The van der Waals surface area contributed by atoms with E-state index in [1.165, 1.54) is 18.2 Å². The van der Waals surface area contributed by atoms with Crippen LogP contribution >= 0.6 is 11.6 Å². The number of aromatic nitrogens is 1. The van der Waals surface area contributed by atoms with Gasteiger partial charge in [-0.25, -0.2) is 4.39 Å². The topological polar surface area (TPSA) is 48.1 Å². The lowest BCUT2D eigenvalue weighted by atomic mass is 10.2. The molecular weight excluding hydrogens is 291 g/mol. The quantitative estimate of drug-likeness (QED) is 0.785. The molecule has 5 heteroatoms. The Kier molecular flexibility index (Phi) is 3.73. The van der Waals surface area contributed by atoms with Crippen LogP contribution in [0.5, 0.6) is 11.5 Å². The highest BCUT2D eigenvalue weighted by Gasteiger charge is 2.10. The van der Waals surface area contributed by atoms with Crippen LogP contribution < -0.4 is 10.5 Å². The normalized spacial score (nSPS) is 10.8. The van der Waals surface area contributed by atoms with E-state index < -0.39 is 5.82 Å². The van der Waals surface area contributed by atoms with Gasteiger partial charge in [-0.2, -0.15) is 0 Å². The SMILES string of the molecule is NCc1cc(Oc2ccc(F)cc2Cl)c2ccccc2n1. The molecular formula is C16H12ClFN2O. The van der Waals surface area contributed by atoms with Gasteiger partial charge in [0.2, 0.25) is 0 Å². The maximum Gasteiger partial charge on any atom is 0.146 e. The largest absolute Gasteiger partial charge is 0.455 e. The minimum atomic E-state index is -0.408. The van der Waals surface area contributed by atoms with E-state index in [0.29, 0.717) is 23.7 Å². The number of benzene rings is 2. The molecule has 3 aromatic rings. The molecule has 0 spiro atoms. The van der Waals surface area contributed by atoms with Crippen LogP contribution in [0, 0.1) is 5.82 Å². The minimum Gasteiger partial charge on any atom is -0.455 e. The molecule has 0 amide bonds. The van der Waals surface area contributed by atoms with E-state index in [4.69, 9.17) is 22.1 Å². The Morgan fingerprint density at radius 3 is 2.67 bits per heavy atom. The highest BCUT2D eigenvalue weighted by atomic mass is 35.5. The standard InChI is InChI=1S/C16H12ClFN2O/c17-13-7-10(18)5-6-15(13)21-16-8-11(9-19)20-14-4-2-1-3-12(14)16/h1-8H,9,19H2. The summed E-state index contributed by atoms with van der Waals surface area (Å²) in [5.74, 6) is 0.571. The van der Waals surface area contributed by atoms with Crippen LogP contribution in [0.1, 0.15) is 5.69 Å². The number of halogens is 2. The van der Waals surface area contributed by atoms with Crippen LogP contribution in [0.2, 0.25) is 5.02 Å². The molecule has 0 unspecified atom stereocenters. The van der Waals surface area contributed by atoms with Crippen molar-refractivity contribution < 1.29 is 9.13 Å². The molecule has 0 saturated carbocycles. The second kappa shape index (κ2) is 5.68. The third kappa shape index (κ3) is 2.82. The van der Waals surface area contributed by atoms with Gasteiger partial charge in [0.25, 0.3) is 0 Å². The summed E-state index contributed by atoms with van der Waals surface area (Å²) in [5.41, 5.74) is 7.16. The van der Waals surface area contributed by atoms with Crippen LogP contribution in [0.25, 0.3) is 10.9 Å². The molecule has 3 nitrogen and oxygen atoms in total. The van der Waals surface area contributed by atoms with E-state index in [1.54, 1.807) is 6.07 Å². The number of nitrogens with two attached hydrogens (primary N) is 1. The zero-order valence-electron chi connectivity index (χ0n) is 11.0. The highest BCUT2D eigenvalue weighted by molar-refractivity contribution is 6.32. The van der Waals surface area contributed by atoms with Crippen molar-refractivity contribution in [2.75, 3.05) is 0 Å². The maximum atomic E-state index is 13.1. The molecule has 2 N–H and O–H groups in total. The summed E-state index contributed by atoms with van der Waals surface area (Å²) in [6, 6.07) is 13.3. The summed E-state index contributed by atoms with van der Waals surface area (Å²) in [6.45, 7) is 0.304. The van der Waals surface area contributed by atoms with Gasteiger partial charge in [0, 0.05) is 18.0 Å². The van der Waals surface area contributed by atoms with Crippen LogP contribution in [-0.2, 0) is 6.54 Å². The maximum absolute atomic E-state index is 13.1. The molecule has 0 aliphatic rings. The molecule has 0 radical (unpaired) electrons. The van der Waals surface area contributed by atoms with E-state index in [1.807, 2.05) is 24.3 Å². The van der Waals surface area contributed by atoms with Crippen molar-refractivity contribution >= 4 is 22.5 Å². The number of rotatable bonds is 3. The predicted octanol–water partition coefficient (Wildman–Crippen LogP) is 4.28. The van der Waals surface area contributed by atoms with Gasteiger partial charge in [-0.1, -0.05) is 23.7 Å². The molecule has 0 atom stereocenters. The van der Waals surface area contributed by atoms with Crippen molar-refractivity contribution in [3.63, 3.8) is 0 Å². The summed E-state index contributed by atoms with van der Waals surface area (Å²) in [6.07, 6.45) is 0. The van der Waals surface area contributed by atoms with E-state index >= 15 is 0 Å². The molecule has 0 aliphatic heterocycles. The van der Waals surface area contributed by atoms with Crippen LogP contribution in [-0.4, -0.2) is 4.98 Å². The minimum absolute atomic E-state index is 0.213. The van der Waals surface area contributed by atoms with Crippen molar-refractivity contribution in [3.05, 3.63) is 65.1 Å². The molecule has 106 valence electrons. The molecule has 0 saturated heterocycles. The Labute approximate surface area is 126 Å². The second-order valence-corrected chi connectivity index (χ2v) is 4.92. The fourth-order valence-corrected chi connectivity index (χ4v) is 2.27. The summed E-state index contributed by atoms with van der Waals surface area (Å²) >= 11 is 6.00. The Morgan fingerprint density at radius 1 is 1.10 bits per heavy atom. The van der Waals surface area contributed by atoms with Gasteiger partial charge >= 0.3 is 0 Å². The molecule has 2 aromatic carbocycles. The summed E-state index contributed by atoms with van der Waals surface area (Å²) in [7, 11) is 0. The van der Waals surface area contributed by atoms with Gasteiger partial charge in [0.05, 0.1) is 16.2 Å². The number of nitrogens with zero attached hydrogens (tertiary/aromatic N) is 1. The number of ether oxygens (including phenoxy) is 1. The predicted molar refractivity (Wildman–Crippen MR) is 81.1 cm³/mol. The number of fused-ring (bicyclic) bond motifs is 1. The lowest BCUT2D eigenvalue weighted by Gasteiger charge is -2.11. The zero-order chi connectivity index (χ0) is 14.8. The number of pyridine rings is 1. The van der Waals surface area contributed by atoms with Gasteiger partial charge < -0.3 is 10.5 Å². The molecule has 21 heavy (non-hydrogen) atoms. The average Bonchev–Trinajstić information content (AvgIpc) is 2.49. The van der Waals surface area contributed by atoms with Gasteiger partial charge in [-0.15, -0.1) is 0 Å². The molecule has 3 rings (SSSR count). The summed E-state index contributed by atoms with van der Waals surface area (Å²) in [5, 5.41) is 1.06. The average molecular weight is 303 g/mol. The highest BCUT2D eigenvalue weighted by Crippen LogP contribution is 2.34. The van der Waals surface area contributed by atoms with Gasteiger partial charge in [-0.3, -0.25) is 4.98 Å². The van der Waals surface area contributed by atoms with Gasteiger partial charge in [0.15, 0.2) is 0 Å². The fourth-order valence-electron chi connectivity index (χ4n) is 2.06. The van der Waals surface area contributed by atoms with Crippen molar-refractivity contribution in [1.29, 1.82) is 0 Å². The first-order valence-corrected chi connectivity index (χ1v) is 6.77. The third-order valence-corrected chi connectivity index (χ3v) is 3.35. The summed E-state index contributed by atoms with van der Waals surface area (Å²) < 4.78 is 18.9. The lowest BCUT2D eigenvalue weighted by molar-refractivity contribution is 0.485. The van der Waals surface area contributed by atoms with Crippen molar-refractivity contribution in [1.82, 2.24) is 4.98 Å². The first kappa shape index (κ1) is 13.8. The monoisotopic (exact) mass is 302 g/mol. The first-order chi connectivity index (χ1) is 10.2. The Balaban J connectivity index is 2.10. The van der Waals surface area contributed by atoms with Crippen molar-refractivity contribution in [2.45, 2.75) is 6.54 Å². The van der Waals surface area contributed by atoms with Gasteiger partial charge in [0.1, 0.15) is 17.3 Å². The van der Waals surface area contributed by atoms with Crippen LogP contribution in [0.3, 0.4) is 0 Å². The Morgan fingerprint density at radius 2 is 1.90 bits per heavy atom. The van der Waals surface area contributed by atoms with Crippen molar-refractivity contribution in [3.8, 4) is 11.5 Å². The Hall–Kier alpha value is -2.17. The van der Waals surface area contributed by atoms with E-state index in [0.717, 1.165) is 10.9 Å². The zero-order valence-corrected chi connectivity index (χ0v) is 11.8. The summed E-state index contributed by atoms with van der Waals surface area (Å²) in [4.78, 5) is 4.43. The van der Waals surface area contributed by atoms with Crippen LogP contribution in [0.4, 0.5) is 4.39 Å². The van der Waals surface area contributed by atoms with Crippen molar-refractivity contribution in [2.24, 2.45) is 5.73 Å². The van der Waals surface area contributed by atoms with Gasteiger partial charge in [-0.05, 0) is 30.3 Å². The molecule has 0 fully saturated rings. The number of hydrogen-bond donors (Lipinski definition) is 1. The number of para-hydroxylation sites is 1. The smallest absolute Gasteiger partial charge is 0.146 e. The lowest BCUT2D eigenvalue weighted by Crippen LogP contribution is -2.00. The molecule has 0 bridgehead atoms.